The van der Waals surface area contributed by atoms with Crippen molar-refractivity contribution in [2.45, 2.75) is 32.7 Å². The molecule has 2 aromatic rings. The molecule has 0 aliphatic heterocycles. The van der Waals surface area contributed by atoms with E-state index in [9.17, 15) is 0 Å². The van der Waals surface area contributed by atoms with Crippen LogP contribution in [0.15, 0.2) is 24.3 Å². The van der Waals surface area contributed by atoms with Crippen LogP contribution in [0.3, 0.4) is 0 Å². The van der Waals surface area contributed by atoms with Crippen molar-refractivity contribution in [1.82, 2.24) is 10.2 Å². The van der Waals surface area contributed by atoms with Crippen molar-refractivity contribution in [3.05, 3.63) is 30.0 Å². The van der Waals surface area contributed by atoms with E-state index >= 15 is 0 Å². The molecule has 0 spiro atoms. The number of nitrogens with one attached hydrogen (secondary N) is 1. The molecule has 0 bridgehead atoms. The highest BCUT2D eigenvalue weighted by Crippen LogP contribution is 2.23. The standard InChI is InChI=1S/C15H17N3/c1-4-8-12(5-2)16-15-14-10-7-6-9-13(14)11(3)17-18-15/h2,6-7,9-10,12H,4,8H2,1,3H3,(H,16,18). The van der Waals surface area contributed by atoms with Gasteiger partial charge in [-0.1, -0.05) is 43.5 Å². The summed E-state index contributed by atoms with van der Waals surface area (Å²) in [7, 11) is 0. The van der Waals surface area contributed by atoms with Crippen LogP contribution in [0.1, 0.15) is 25.5 Å². The Kier molecular flexibility index (Phi) is 3.78. The molecule has 92 valence electrons. The minimum absolute atomic E-state index is 0.00964. The quantitative estimate of drug-likeness (QED) is 0.833. The topological polar surface area (TPSA) is 37.8 Å². The highest BCUT2D eigenvalue weighted by atomic mass is 15.2. The number of hydrogen-bond donors (Lipinski definition) is 1. The van der Waals surface area contributed by atoms with Gasteiger partial charge in [0, 0.05) is 10.8 Å². The van der Waals surface area contributed by atoms with Crippen LogP contribution in [0.2, 0.25) is 0 Å². The largest absolute Gasteiger partial charge is 0.354 e. The fraction of sp³-hybridized carbons (Fsp3) is 0.333. The van der Waals surface area contributed by atoms with Crippen molar-refractivity contribution in [2.24, 2.45) is 0 Å². The van der Waals surface area contributed by atoms with Crippen LogP contribution in [0.4, 0.5) is 5.82 Å². The number of terminal acetylenes is 1. The number of anilines is 1. The minimum Gasteiger partial charge on any atom is -0.354 e. The molecule has 0 fully saturated rings. The van der Waals surface area contributed by atoms with Gasteiger partial charge in [0.15, 0.2) is 5.82 Å². The molecule has 2 rings (SSSR count). The zero-order valence-corrected chi connectivity index (χ0v) is 10.8. The minimum atomic E-state index is 0.00964. The molecule has 1 aromatic carbocycles. The van der Waals surface area contributed by atoms with Crippen LogP contribution >= 0.6 is 0 Å². The van der Waals surface area contributed by atoms with E-state index in [-0.39, 0.29) is 6.04 Å². The summed E-state index contributed by atoms with van der Waals surface area (Å²) < 4.78 is 0. The lowest BCUT2D eigenvalue weighted by Gasteiger charge is -2.14. The number of aromatic nitrogens is 2. The Morgan fingerprint density at radius 3 is 2.67 bits per heavy atom. The van der Waals surface area contributed by atoms with E-state index in [1.54, 1.807) is 0 Å². The second-order valence-corrected chi connectivity index (χ2v) is 4.33. The summed E-state index contributed by atoms with van der Waals surface area (Å²) in [5, 5.41) is 13.9. The van der Waals surface area contributed by atoms with Gasteiger partial charge in [0.2, 0.25) is 0 Å². The Morgan fingerprint density at radius 2 is 2.00 bits per heavy atom. The van der Waals surface area contributed by atoms with E-state index in [2.05, 4.69) is 34.4 Å². The Morgan fingerprint density at radius 1 is 1.28 bits per heavy atom. The number of rotatable bonds is 4. The highest BCUT2D eigenvalue weighted by Gasteiger charge is 2.09. The van der Waals surface area contributed by atoms with Gasteiger partial charge in [-0.05, 0) is 13.3 Å². The third-order valence-electron chi connectivity index (χ3n) is 2.96. The first kappa shape index (κ1) is 12.4. The van der Waals surface area contributed by atoms with E-state index in [0.29, 0.717) is 0 Å². The van der Waals surface area contributed by atoms with Crippen molar-refractivity contribution < 1.29 is 0 Å². The summed E-state index contributed by atoms with van der Waals surface area (Å²) in [6, 6.07) is 8.11. The van der Waals surface area contributed by atoms with Gasteiger partial charge in [0.25, 0.3) is 0 Å². The molecule has 3 heteroatoms. The summed E-state index contributed by atoms with van der Waals surface area (Å²) in [6.45, 7) is 4.08. The van der Waals surface area contributed by atoms with Crippen LogP contribution in [0.5, 0.6) is 0 Å². The molecular weight excluding hydrogens is 222 g/mol. The third kappa shape index (κ3) is 2.43. The molecule has 0 aliphatic rings. The van der Waals surface area contributed by atoms with Gasteiger partial charge in [-0.2, -0.15) is 5.10 Å². The van der Waals surface area contributed by atoms with E-state index in [0.717, 1.165) is 35.1 Å². The van der Waals surface area contributed by atoms with Gasteiger partial charge < -0.3 is 5.32 Å². The maximum absolute atomic E-state index is 5.52. The molecular formula is C15H17N3. The number of hydrogen-bond acceptors (Lipinski definition) is 3. The lowest BCUT2D eigenvalue weighted by molar-refractivity contribution is 0.750. The molecule has 3 nitrogen and oxygen atoms in total. The number of fused-ring (bicyclic) bond motifs is 1. The van der Waals surface area contributed by atoms with Crippen LogP contribution in [0.25, 0.3) is 10.8 Å². The summed E-state index contributed by atoms with van der Waals surface area (Å²) in [5.74, 6) is 3.52. The molecule has 18 heavy (non-hydrogen) atoms. The average molecular weight is 239 g/mol. The monoisotopic (exact) mass is 239 g/mol. The molecule has 0 saturated heterocycles. The van der Waals surface area contributed by atoms with Crippen LogP contribution in [-0.4, -0.2) is 16.2 Å². The summed E-state index contributed by atoms with van der Waals surface area (Å²) >= 11 is 0. The lowest BCUT2D eigenvalue weighted by atomic mass is 10.1. The number of benzene rings is 1. The van der Waals surface area contributed by atoms with Crippen LogP contribution < -0.4 is 5.32 Å². The Bertz CT molecular complexity index is 584. The predicted octanol–water partition coefficient (Wildman–Crippen LogP) is 3.15. The first-order valence-electron chi connectivity index (χ1n) is 6.21. The molecule has 1 atom stereocenters. The normalized spacial score (nSPS) is 12.1. The van der Waals surface area contributed by atoms with Gasteiger partial charge in [0.1, 0.15) is 0 Å². The van der Waals surface area contributed by atoms with Gasteiger partial charge in [-0.15, -0.1) is 11.5 Å². The fourth-order valence-corrected chi connectivity index (χ4v) is 2.00. The second kappa shape index (κ2) is 5.50. The zero-order chi connectivity index (χ0) is 13.0. The number of nitrogens with zero attached hydrogens (tertiary/aromatic N) is 2. The van der Waals surface area contributed by atoms with Crippen molar-refractivity contribution in [3.63, 3.8) is 0 Å². The highest BCUT2D eigenvalue weighted by molar-refractivity contribution is 5.93. The van der Waals surface area contributed by atoms with Crippen molar-refractivity contribution in [3.8, 4) is 12.3 Å². The summed E-state index contributed by atoms with van der Waals surface area (Å²) in [6.07, 6.45) is 7.49. The summed E-state index contributed by atoms with van der Waals surface area (Å²) in [4.78, 5) is 0. The zero-order valence-electron chi connectivity index (χ0n) is 10.8. The molecule has 0 amide bonds. The molecule has 0 saturated carbocycles. The van der Waals surface area contributed by atoms with Gasteiger partial charge >= 0.3 is 0 Å². The molecule has 0 aliphatic carbocycles. The summed E-state index contributed by atoms with van der Waals surface area (Å²) in [5.41, 5.74) is 0.934. The van der Waals surface area contributed by atoms with Crippen LogP contribution in [-0.2, 0) is 0 Å². The Labute approximate surface area is 108 Å². The van der Waals surface area contributed by atoms with Crippen molar-refractivity contribution >= 4 is 16.6 Å². The second-order valence-electron chi connectivity index (χ2n) is 4.33. The Hall–Kier alpha value is -2.08. The van der Waals surface area contributed by atoms with Crippen molar-refractivity contribution in [2.75, 3.05) is 5.32 Å². The SMILES string of the molecule is C#CC(CCC)Nc1nnc(C)c2ccccc12. The maximum atomic E-state index is 5.52. The van der Waals surface area contributed by atoms with Gasteiger partial charge in [-0.3, -0.25) is 0 Å². The van der Waals surface area contributed by atoms with E-state index in [4.69, 9.17) is 6.42 Å². The smallest absolute Gasteiger partial charge is 0.157 e. The maximum Gasteiger partial charge on any atom is 0.157 e. The predicted molar refractivity (Wildman–Crippen MR) is 75.4 cm³/mol. The molecule has 0 radical (unpaired) electrons. The molecule has 1 aromatic heterocycles. The number of aryl methyl sites for hydroxylation is 1. The van der Waals surface area contributed by atoms with E-state index < -0.39 is 0 Å². The Balaban J connectivity index is 2.40. The molecule has 1 unspecified atom stereocenters. The third-order valence-corrected chi connectivity index (χ3v) is 2.96. The average Bonchev–Trinajstić information content (AvgIpc) is 2.41. The first-order chi connectivity index (χ1) is 8.76. The fourth-order valence-electron chi connectivity index (χ4n) is 2.00. The van der Waals surface area contributed by atoms with Gasteiger partial charge in [-0.25, -0.2) is 0 Å². The van der Waals surface area contributed by atoms with Crippen molar-refractivity contribution in [1.29, 1.82) is 0 Å². The van der Waals surface area contributed by atoms with Crippen LogP contribution in [0, 0.1) is 19.3 Å². The lowest BCUT2D eigenvalue weighted by Crippen LogP contribution is -2.18. The van der Waals surface area contributed by atoms with E-state index in [1.807, 2.05) is 25.1 Å². The van der Waals surface area contributed by atoms with Gasteiger partial charge in [0.05, 0.1) is 11.7 Å². The van der Waals surface area contributed by atoms with E-state index in [1.165, 1.54) is 0 Å². The molecule has 1 heterocycles. The first-order valence-corrected chi connectivity index (χ1v) is 6.21. The molecule has 1 N–H and O–H groups in total.